The van der Waals surface area contributed by atoms with E-state index in [1.165, 1.54) is 51.9 Å². The number of hydrogen-bond donors (Lipinski definition) is 2. The minimum atomic E-state index is 0.788. The molecule has 0 radical (unpaired) electrons. The SMILES string of the molecule is NCCCCc1ccc(-c2ccc(-c3ccc(-c4ccc(CCCCN)s4)s3)s2)s1. The van der Waals surface area contributed by atoms with Crippen LogP contribution in [0.3, 0.4) is 0 Å². The average molecular weight is 473 g/mol. The molecule has 0 fully saturated rings. The molecule has 0 spiro atoms. The Morgan fingerprint density at radius 3 is 1.13 bits per heavy atom. The number of thiophene rings is 4. The van der Waals surface area contributed by atoms with E-state index in [0.29, 0.717) is 0 Å². The molecule has 0 aliphatic rings. The molecule has 0 bridgehead atoms. The summed E-state index contributed by atoms with van der Waals surface area (Å²) < 4.78 is 0. The summed E-state index contributed by atoms with van der Waals surface area (Å²) in [6.45, 7) is 1.58. The molecule has 4 rings (SSSR count). The summed E-state index contributed by atoms with van der Waals surface area (Å²) in [5.41, 5.74) is 11.2. The third-order valence-electron chi connectivity index (χ3n) is 5.02. The molecule has 0 saturated carbocycles. The van der Waals surface area contributed by atoms with Crippen molar-refractivity contribution in [3.63, 3.8) is 0 Å². The first-order valence-corrected chi connectivity index (χ1v) is 13.8. The van der Waals surface area contributed by atoms with Gasteiger partial charge in [-0.1, -0.05) is 0 Å². The van der Waals surface area contributed by atoms with Crippen molar-refractivity contribution in [1.29, 1.82) is 0 Å². The second-order valence-corrected chi connectivity index (χ2v) is 11.9. The molecule has 0 aromatic carbocycles. The van der Waals surface area contributed by atoms with Gasteiger partial charge in [-0.25, -0.2) is 0 Å². The molecule has 0 unspecified atom stereocenters. The molecule has 30 heavy (non-hydrogen) atoms. The van der Waals surface area contributed by atoms with Crippen LogP contribution < -0.4 is 11.5 Å². The van der Waals surface area contributed by atoms with Gasteiger partial charge in [0.15, 0.2) is 0 Å². The van der Waals surface area contributed by atoms with E-state index in [4.69, 9.17) is 11.5 Å². The largest absolute Gasteiger partial charge is 0.330 e. The fourth-order valence-electron chi connectivity index (χ4n) is 3.38. The van der Waals surface area contributed by atoms with Crippen LogP contribution in [-0.4, -0.2) is 13.1 Å². The van der Waals surface area contributed by atoms with Crippen molar-refractivity contribution in [2.75, 3.05) is 13.1 Å². The van der Waals surface area contributed by atoms with Crippen LogP contribution in [0.25, 0.3) is 29.3 Å². The van der Waals surface area contributed by atoms with Gasteiger partial charge in [-0.2, -0.15) is 0 Å². The number of aryl methyl sites for hydroxylation is 2. The van der Waals surface area contributed by atoms with Crippen LogP contribution in [0.4, 0.5) is 0 Å². The molecule has 4 aromatic heterocycles. The summed E-state index contributed by atoms with van der Waals surface area (Å²) in [5, 5.41) is 0. The lowest BCUT2D eigenvalue weighted by molar-refractivity contribution is 0.751. The van der Waals surface area contributed by atoms with Gasteiger partial charge in [-0.05, 0) is 100 Å². The molecule has 158 valence electrons. The lowest BCUT2D eigenvalue weighted by Gasteiger charge is -1.95. The molecule has 2 nitrogen and oxygen atoms in total. The summed E-state index contributed by atoms with van der Waals surface area (Å²) in [4.78, 5) is 11.1. The van der Waals surface area contributed by atoms with E-state index in [0.717, 1.165) is 38.8 Å². The smallest absolute Gasteiger partial charge is 0.0449 e. The third-order valence-corrected chi connectivity index (χ3v) is 10.1. The quantitative estimate of drug-likeness (QED) is 0.222. The van der Waals surface area contributed by atoms with Crippen LogP contribution in [0.1, 0.15) is 35.4 Å². The van der Waals surface area contributed by atoms with Gasteiger partial charge in [0.2, 0.25) is 0 Å². The molecule has 0 atom stereocenters. The average Bonchev–Trinajstić information content (AvgIpc) is 3.53. The molecule has 0 amide bonds. The molecular formula is C24H28N2S4. The molecule has 4 aromatic rings. The van der Waals surface area contributed by atoms with Crippen LogP contribution in [0.5, 0.6) is 0 Å². The third kappa shape index (κ3) is 5.49. The number of nitrogens with two attached hydrogens (primary N) is 2. The van der Waals surface area contributed by atoms with E-state index < -0.39 is 0 Å². The molecule has 4 heterocycles. The van der Waals surface area contributed by atoms with E-state index in [-0.39, 0.29) is 0 Å². The van der Waals surface area contributed by atoms with Gasteiger partial charge in [0.05, 0.1) is 0 Å². The fourth-order valence-corrected chi connectivity index (χ4v) is 7.76. The lowest BCUT2D eigenvalue weighted by atomic mass is 10.2. The maximum absolute atomic E-state index is 5.61. The summed E-state index contributed by atoms with van der Waals surface area (Å²) in [6, 6.07) is 18.2. The Balaban J connectivity index is 1.43. The minimum absolute atomic E-state index is 0.788. The van der Waals surface area contributed by atoms with Crippen LogP contribution in [0.15, 0.2) is 48.5 Å². The predicted octanol–water partition coefficient (Wildman–Crippen LogP) is 7.50. The van der Waals surface area contributed by atoms with Crippen molar-refractivity contribution >= 4 is 45.3 Å². The topological polar surface area (TPSA) is 52.0 Å². The van der Waals surface area contributed by atoms with Gasteiger partial charge >= 0.3 is 0 Å². The molecule has 0 aliphatic carbocycles. The highest BCUT2D eigenvalue weighted by molar-refractivity contribution is 7.28. The van der Waals surface area contributed by atoms with Crippen molar-refractivity contribution in [1.82, 2.24) is 0 Å². The monoisotopic (exact) mass is 472 g/mol. The predicted molar refractivity (Wildman–Crippen MR) is 138 cm³/mol. The summed E-state index contributed by atoms with van der Waals surface area (Å²) in [7, 11) is 0. The van der Waals surface area contributed by atoms with E-state index in [1.807, 2.05) is 45.3 Å². The van der Waals surface area contributed by atoms with Gasteiger partial charge in [0, 0.05) is 39.0 Å². The number of rotatable bonds is 11. The highest BCUT2D eigenvalue weighted by Gasteiger charge is 2.11. The maximum Gasteiger partial charge on any atom is 0.0449 e. The molecule has 0 saturated heterocycles. The Morgan fingerprint density at radius 2 is 0.767 bits per heavy atom. The highest BCUT2D eigenvalue weighted by Crippen LogP contribution is 2.43. The fraction of sp³-hybridized carbons (Fsp3) is 0.333. The Bertz CT molecular complexity index is 968. The van der Waals surface area contributed by atoms with Gasteiger partial charge < -0.3 is 11.5 Å². The summed E-state index contributed by atoms with van der Waals surface area (Å²) >= 11 is 7.65. The zero-order valence-corrected chi connectivity index (χ0v) is 20.3. The van der Waals surface area contributed by atoms with Crippen LogP contribution in [-0.2, 0) is 12.8 Å². The zero-order chi connectivity index (χ0) is 20.8. The summed E-state index contributed by atoms with van der Waals surface area (Å²) in [5.74, 6) is 0. The second-order valence-electron chi connectivity index (χ2n) is 7.35. The Hall–Kier alpha value is -1.28. The standard InChI is InChI=1S/C24H28N2S4/c25-15-3-1-5-17-7-9-19(27-17)21-11-13-23(29-21)24-14-12-22(30-24)20-10-8-18(28-20)6-2-4-16-26/h7-14H,1-6,15-16,25-26H2. The van der Waals surface area contributed by atoms with Crippen molar-refractivity contribution in [2.24, 2.45) is 11.5 Å². The van der Waals surface area contributed by atoms with Crippen LogP contribution in [0.2, 0.25) is 0 Å². The Morgan fingerprint density at radius 1 is 0.433 bits per heavy atom. The molecule has 4 N–H and O–H groups in total. The highest BCUT2D eigenvalue weighted by atomic mass is 32.1. The molecular weight excluding hydrogens is 445 g/mol. The zero-order valence-electron chi connectivity index (χ0n) is 17.1. The first kappa shape index (κ1) is 21.9. The van der Waals surface area contributed by atoms with Gasteiger partial charge in [0.1, 0.15) is 0 Å². The van der Waals surface area contributed by atoms with Crippen LogP contribution >= 0.6 is 45.3 Å². The summed E-state index contributed by atoms with van der Waals surface area (Å²) in [6.07, 6.45) is 6.86. The van der Waals surface area contributed by atoms with Crippen molar-refractivity contribution < 1.29 is 0 Å². The molecule has 0 aliphatic heterocycles. The minimum Gasteiger partial charge on any atom is -0.330 e. The Kier molecular flexibility index (Phi) is 7.93. The van der Waals surface area contributed by atoms with E-state index in [1.54, 1.807) is 0 Å². The van der Waals surface area contributed by atoms with Gasteiger partial charge in [-0.3, -0.25) is 0 Å². The van der Waals surface area contributed by atoms with Crippen LogP contribution in [0, 0.1) is 0 Å². The lowest BCUT2D eigenvalue weighted by Crippen LogP contribution is -1.98. The molecule has 6 heteroatoms. The van der Waals surface area contributed by atoms with Gasteiger partial charge in [0.25, 0.3) is 0 Å². The first-order chi connectivity index (χ1) is 14.8. The second kappa shape index (κ2) is 10.8. The van der Waals surface area contributed by atoms with Crippen molar-refractivity contribution in [2.45, 2.75) is 38.5 Å². The first-order valence-electron chi connectivity index (χ1n) is 10.5. The van der Waals surface area contributed by atoms with E-state index >= 15 is 0 Å². The Labute approximate surface area is 195 Å². The van der Waals surface area contributed by atoms with Crippen molar-refractivity contribution in [3.05, 3.63) is 58.3 Å². The number of unbranched alkanes of at least 4 members (excludes halogenated alkanes) is 2. The maximum atomic E-state index is 5.61. The van der Waals surface area contributed by atoms with E-state index in [9.17, 15) is 0 Å². The number of hydrogen-bond acceptors (Lipinski definition) is 6. The van der Waals surface area contributed by atoms with Crippen molar-refractivity contribution in [3.8, 4) is 29.3 Å². The normalized spacial score (nSPS) is 11.4. The van der Waals surface area contributed by atoms with E-state index in [2.05, 4.69) is 48.5 Å². The van der Waals surface area contributed by atoms with Gasteiger partial charge in [-0.15, -0.1) is 45.3 Å².